The minimum Gasteiger partial charge on any atom is -0.496 e. The van der Waals surface area contributed by atoms with E-state index in [9.17, 15) is 13.6 Å². The lowest BCUT2D eigenvalue weighted by Gasteiger charge is -2.09. The number of amides is 1. The SMILES string of the molecule is COc1ccccc1CCNCC(=O)Nc1ccc(F)c(F)c1. The van der Waals surface area contributed by atoms with E-state index in [0.29, 0.717) is 13.0 Å². The Balaban J connectivity index is 1.75. The molecule has 0 radical (unpaired) electrons. The highest BCUT2D eigenvalue weighted by atomic mass is 19.2. The first kappa shape index (κ1) is 16.9. The molecule has 0 heterocycles. The highest BCUT2D eigenvalue weighted by molar-refractivity contribution is 5.92. The van der Waals surface area contributed by atoms with Crippen LogP contribution in [0.15, 0.2) is 42.5 Å². The number of ether oxygens (including phenoxy) is 1. The van der Waals surface area contributed by atoms with E-state index in [1.807, 2.05) is 24.3 Å². The third-order valence-corrected chi connectivity index (χ3v) is 3.25. The lowest BCUT2D eigenvalue weighted by atomic mass is 10.1. The lowest BCUT2D eigenvalue weighted by molar-refractivity contribution is -0.115. The Morgan fingerprint density at radius 2 is 1.91 bits per heavy atom. The van der Waals surface area contributed by atoms with Gasteiger partial charge < -0.3 is 15.4 Å². The summed E-state index contributed by atoms with van der Waals surface area (Å²) in [5.74, 6) is -1.46. The number of hydrogen-bond donors (Lipinski definition) is 2. The van der Waals surface area contributed by atoms with Gasteiger partial charge in [-0.3, -0.25) is 4.79 Å². The summed E-state index contributed by atoms with van der Waals surface area (Å²) in [5.41, 5.74) is 1.27. The van der Waals surface area contributed by atoms with Gasteiger partial charge in [0.1, 0.15) is 5.75 Å². The Morgan fingerprint density at radius 3 is 2.65 bits per heavy atom. The fourth-order valence-corrected chi connectivity index (χ4v) is 2.11. The third kappa shape index (κ3) is 5.03. The fraction of sp³-hybridized carbons (Fsp3) is 0.235. The predicted octanol–water partition coefficient (Wildman–Crippen LogP) is 2.74. The van der Waals surface area contributed by atoms with Gasteiger partial charge in [0.05, 0.1) is 13.7 Å². The maximum atomic E-state index is 13.0. The molecule has 1 amide bonds. The van der Waals surface area contributed by atoms with Crippen LogP contribution in [0, 0.1) is 11.6 Å². The van der Waals surface area contributed by atoms with Crippen molar-refractivity contribution in [2.24, 2.45) is 0 Å². The molecule has 2 aromatic carbocycles. The van der Waals surface area contributed by atoms with Crippen molar-refractivity contribution in [3.8, 4) is 5.75 Å². The zero-order valence-corrected chi connectivity index (χ0v) is 12.7. The Labute approximate surface area is 133 Å². The first-order chi connectivity index (χ1) is 11.1. The largest absolute Gasteiger partial charge is 0.496 e. The molecule has 0 saturated carbocycles. The number of halogens is 2. The topological polar surface area (TPSA) is 50.4 Å². The zero-order valence-electron chi connectivity index (χ0n) is 12.7. The first-order valence-corrected chi connectivity index (χ1v) is 7.17. The van der Waals surface area contributed by atoms with Crippen molar-refractivity contribution in [2.45, 2.75) is 6.42 Å². The molecule has 0 bridgehead atoms. The van der Waals surface area contributed by atoms with E-state index < -0.39 is 11.6 Å². The predicted molar refractivity (Wildman–Crippen MR) is 84.6 cm³/mol. The van der Waals surface area contributed by atoms with E-state index in [1.54, 1.807) is 7.11 Å². The van der Waals surface area contributed by atoms with Gasteiger partial charge >= 0.3 is 0 Å². The molecule has 2 rings (SSSR count). The molecule has 0 spiro atoms. The van der Waals surface area contributed by atoms with Crippen LogP contribution in [-0.4, -0.2) is 26.1 Å². The molecule has 4 nitrogen and oxygen atoms in total. The van der Waals surface area contributed by atoms with Crippen molar-refractivity contribution >= 4 is 11.6 Å². The number of rotatable bonds is 7. The Hall–Kier alpha value is -2.47. The average molecular weight is 320 g/mol. The summed E-state index contributed by atoms with van der Waals surface area (Å²) >= 11 is 0. The van der Waals surface area contributed by atoms with E-state index in [1.165, 1.54) is 6.07 Å². The smallest absolute Gasteiger partial charge is 0.238 e. The lowest BCUT2D eigenvalue weighted by Crippen LogP contribution is -2.29. The van der Waals surface area contributed by atoms with Crippen LogP contribution in [0.3, 0.4) is 0 Å². The molecule has 0 aliphatic heterocycles. The zero-order chi connectivity index (χ0) is 16.7. The maximum absolute atomic E-state index is 13.0. The van der Waals surface area contributed by atoms with Crippen molar-refractivity contribution in [1.82, 2.24) is 5.32 Å². The Kier molecular flexibility index (Phi) is 6.05. The van der Waals surface area contributed by atoms with Crippen molar-refractivity contribution < 1.29 is 18.3 Å². The van der Waals surface area contributed by atoms with Gasteiger partial charge in [-0.15, -0.1) is 0 Å². The normalized spacial score (nSPS) is 10.4. The van der Waals surface area contributed by atoms with E-state index in [4.69, 9.17) is 4.74 Å². The van der Waals surface area contributed by atoms with E-state index in [2.05, 4.69) is 10.6 Å². The van der Waals surface area contributed by atoms with Gasteiger partial charge in [-0.1, -0.05) is 18.2 Å². The van der Waals surface area contributed by atoms with Gasteiger partial charge in [-0.05, 0) is 36.7 Å². The summed E-state index contributed by atoms with van der Waals surface area (Å²) < 4.78 is 31.1. The highest BCUT2D eigenvalue weighted by Gasteiger charge is 2.06. The Bertz CT molecular complexity index is 677. The number of benzene rings is 2. The number of para-hydroxylation sites is 1. The van der Waals surface area contributed by atoms with Crippen LogP contribution in [0.4, 0.5) is 14.5 Å². The molecular weight excluding hydrogens is 302 g/mol. The van der Waals surface area contributed by atoms with Crippen LogP contribution in [-0.2, 0) is 11.2 Å². The molecule has 2 aromatic rings. The maximum Gasteiger partial charge on any atom is 0.238 e. The first-order valence-electron chi connectivity index (χ1n) is 7.17. The van der Waals surface area contributed by atoms with Gasteiger partial charge in [0, 0.05) is 11.8 Å². The summed E-state index contributed by atoms with van der Waals surface area (Å²) in [6.07, 6.45) is 0.711. The van der Waals surface area contributed by atoms with E-state index >= 15 is 0 Å². The average Bonchev–Trinajstić information content (AvgIpc) is 2.55. The second-order valence-electron chi connectivity index (χ2n) is 4.92. The Morgan fingerprint density at radius 1 is 1.13 bits per heavy atom. The highest BCUT2D eigenvalue weighted by Crippen LogP contribution is 2.17. The molecule has 23 heavy (non-hydrogen) atoms. The summed E-state index contributed by atoms with van der Waals surface area (Å²) in [6.45, 7) is 0.666. The molecule has 0 unspecified atom stereocenters. The molecule has 6 heteroatoms. The summed E-state index contributed by atoms with van der Waals surface area (Å²) in [5, 5.41) is 5.49. The van der Waals surface area contributed by atoms with E-state index in [-0.39, 0.29) is 18.1 Å². The molecule has 0 aliphatic carbocycles. The second kappa shape index (κ2) is 8.24. The minimum absolute atomic E-state index is 0.0775. The number of anilines is 1. The van der Waals surface area contributed by atoms with Crippen LogP contribution < -0.4 is 15.4 Å². The van der Waals surface area contributed by atoms with Crippen molar-refractivity contribution in [2.75, 3.05) is 25.5 Å². The van der Waals surface area contributed by atoms with Crippen LogP contribution in [0.1, 0.15) is 5.56 Å². The van der Waals surface area contributed by atoms with Crippen LogP contribution in [0.25, 0.3) is 0 Å². The van der Waals surface area contributed by atoms with Gasteiger partial charge in [0.15, 0.2) is 11.6 Å². The van der Waals surface area contributed by atoms with Crippen LogP contribution in [0.5, 0.6) is 5.75 Å². The molecule has 0 aliphatic rings. The summed E-state index contributed by atoms with van der Waals surface area (Å²) in [6, 6.07) is 10.9. The molecule has 0 saturated heterocycles. The number of hydrogen-bond acceptors (Lipinski definition) is 3. The molecule has 0 atom stereocenters. The monoisotopic (exact) mass is 320 g/mol. The quantitative estimate of drug-likeness (QED) is 0.771. The number of nitrogens with one attached hydrogen (secondary N) is 2. The molecule has 2 N–H and O–H groups in total. The number of methoxy groups -OCH3 is 1. The van der Waals surface area contributed by atoms with Crippen molar-refractivity contribution in [3.63, 3.8) is 0 Å². The van der Waals surface area contributed by atoms with Gasteiger partial charge in [-0.2, -0.15) is 0 Å². The van der Waals surface area contributed by atoms with E-state index in [0.717, 1.165) is 23.4 Å². The number of carbonyl (C=O) groups is 1. The molecule has 122 valence electrons. The molecular formula is C17H18F2N2O2. The summed E-state index contributed by atoms with van der Waals surface area (Å²) in [7, 11) is 1.61. The molecule has 0 fully saturated rings. The second-order valence-corrected chi connectivity index (χ2v) is 4.92. The van der Waals surface area contributed by atoms with Gasteiger partial charge in [0.2, 0.25) is 5.91 Å². The van der Waals surface area contributed by atoms with Crippen molar-refractivity contribution in [3.05, 3.63) is 59.7 Å². The third-order valence-electron chi connectivity index (χ3n) is 3.25. The fourth-order valence-electron chi connectivity index (χ4n) is 2.11. The van der Waals surface area contributed by atoms with Gasteiger partial charge in [-0.25, -0.2) is 8.78 Å². The van der Waals surface area contributed by atoms with Crippen LogP contribution >= 0.6 is 0 Å². The van der Waals surface area contributed by atoms with Crippen molar-refractivity contribution in [1.29, 1.82) is 0 Å². The summed E-state index contributed by atoms with van der Waals surface area (Å²) in [4.78, 5) is 11.7. The van der Waals surface area contributed by atoms with Crippen LogP contribution in [0.2, 0.25) is 0 Å². The standard InChI is InChI=1S/C17H18F2N2O2/c1-23-16-5-3-2-4-12(16)8-9-20-11-17(22)21-13-6-7-14(18)15(19)10-13/h2-7,10,20H,8-9,11H2,1H3,(H,21,22). The van der Waals surface area contributed by atoms with Gasteiger partial charge in [0.25, 0.3) is 0 Å². The number of carbonyl (C=O) groups excluding carboxylic acids is 1. The molecule has 0 aromatic heterocycles. The minimum atomic E-state index is -0.994.